The van der Waals surface area contributed by atoms with Gasteiger partial charge in [-0.1, -0.05) is 13.0 Å². The molecule has 0 radical (unpaired) electrons. The molecule has 8 heteroatoms. The van der Waals surface area contributed by atoms with Crippen LogP contribution in [-0.4, -0.2) is 52.1 Å². The summed E-state index contributed by atoms with van der Waals surface area (Å²) in [5.41, 5.74) is 0.502. The van der Waals surface area contributed by atoms with Gasteiger partial charge in [0.1, 0.15) is 11.8 Å². The Morgan fingerprint density at radius 2 is 2.21 bits per heavy atom. The van der Waals surface area contributed by atoms with Crippen LogP contribution >= 0.6 is 11.8 Å². The first kappa shape index (κ1) is 18.1. The van der Waals surface area contributed by atoms with E-state index in [0.717, 1.165) is 6.42 Å². The molecule has 0 spiro atoms. The van der Waals surface area contributed by atoms with Gasteiger partial charge in [-0.15, -0.1) is 11.8 Å². The second-order valence-corrected chi connectivity index (χ2v) is 6.33. The summed E-state index contributed by atoms with van der Waals surface area (Å²) in [6.07, 6.45) is 1.18. The Morgan fingerprint density at radius 3 is 2.92 bits per heavy atom. The molecule has 7 nitrogen and oxygen atoms in total. The van der Waals surface area contributed by atoms with Crippen molar-refractivity contribution in [2.45, 2.75) is 25.8 Å². The minimum absolute atomic E-state index is 0.0128. The van der Waals surface area contributed by atoms with Crippen molar-refractivity contribution >= 4 is 35.2 Å². The molecule has 24 heavy (non-hydrogen) atoms. The lowest BCUT2D eigenvalue weighted by atomic mass is 10.2. The number of hydrogen-bond donors (Lipinski definition) is 2. The van der Waals surface area contributed by atoms with E-state index in [2.05, 4.69) is 5.32 Å². The molecule has 1 aliphatic rings. The molecule has 1 aromatic rings. The van der Waals surface area contributed by atoms with Gasteiger partial charge in [-0.25, -0.2) is 4.79 Å². The van der Waals surface area contributed by atoms with E-state index in [0.29, 0.717) is 29.5 Å². The number of carbonyl (C=O) groups is 3. The van der Waals surface area contributed by atoms with Gasteiger partial charge in [-0.05, 0) is 18.6 Å². The molecule has 1 aromatic carbocycles. The largest absolute Gasteiger partial charge is 0.482 e. The lowest BCUT2D eigenvalue weighted by molar-refractivity contribution is -0.139. The number of rotatable bonds is 7. The molecule has 1 unspecified atom stereocenters. The number of carbonyl (C=O) groups excluding carboxylic acids is 2. The Balaban J connectivity index is 1.99. The van der Waals surface area contributed by atoms with Gasteiger partial charge in [0.25, 0.3) is 0 Å². The fraction of sp³-hybridized carbons (Fsp3) is 0.438. The fourth-order valence-electron chi connectivity index (χ4n) is 2.30. The predicted octanol–water partition coefficient (Wildman–Crippen LogP) is 1.79. The van der Waals surface area contributed by atoms with Crippen LogP contribution < -0.4 is 10.1 Å². The van der Waals surface area contributed by atoms with Crippen molar-refractivity contribution in [2.24, 2.45) is 0 Å². The summed E-state index contributed by atoms with van der Waals surface area (Å²) < 4.78 is 5.09. The van der Waals surface area contributed by atoms with Crippen LogP contribution in [0.3, 0.4) is 0 Å². The van der Waals surface area contributed by atoms with E-state index in [1.165, 1.54) is 0 Å². The summed E-state index contributed by atoms with van der Waals surface area (Å²) in [7, 11) is 0. The minimum Gasteiger partial charge on any atom is -0.482 e. The average Bonchev–Trinajstić information content (AvgIpc) is 3.03. The number of amides is 2. The zero-order valence-electron chi connectivity index (χ0n) is 13.4. The van der Waals surface area contributed by atoms with Gasteiger partial charge in [0.15, 0.2) is 6.61 Å². The van der Waals surface area contributed by atoms with Crippen LogP contribution in [0.4, 0.5) is 5.69 Å². The maximum Gasteiger partial charge on any atom is 0.341 e. The highest BCUT2D eigenvalue weighted by Gasteiger charge is 2.34. The number of aliphatic carboxylic acids is 1. The Morgan fingerprint density at radius 1 is 1.42 bits per heavy atom. The first-order chi connectivity index (χ1) is 11.5. The molecule has 1 fully saturated rings. The molecule has 130 valence electrons. The third-order valence-corrected chi connectivity index (χ3v) is 4.45. The van der Waals surface area contributed by atoms with Crippen LogP contribution in [0, 0.1) is 0 Å². The van der Waals surface area contributed by atoms with E-state index < -0.39 is 18.6 Å². The van der Waals surface area contributed by atoms with Crippen molar-refractivity contribution in [1.29, 1.82) is 0 Å². The number of ether oxygens (including phenoxy) is 1. The molecule has 2 amide bonds. The Bertz CT molecular complexity index is 622. The molecule has 1 heterocycles. The average molecular weight is 352 g/mol. The van der Waals surface area contributed by atoms with Crippen LogP contribution in [-0.2, 0) is 14.4 Å². The van der Waals surface area contributed by atoms with Crippen LogP contribution in [0.2, 0.25) is 0 Å². The molecule has 0 aliphatic carbocycles. The molecule has 2 N–H and O–H groups in total. The number of carboxylic acids is 1. The lowest BCUT2D eigenvalue weighted by Gasteiger charge is -2.23. The fourth-order valence-corrected chi connectivity index (χ4v) is 3.48. The number of hydrogen-bond acceptors (Lipinski definition) is 5. The molecule has 0 aromatic heterocycles. The first-order valence-electron chi connectivity index (χ1n) is 7.64. The lowest BCUT2D eigenvalue weighted by Crippen LogP contribution is -2.44. The molecule has 2 rings (SSSR count). The van der Waals surface area contributed by atoms with Gasteiger partial charge in [0, 0.05) is 23.9 Å². The zero-order valence-corrected chi connectivity index (χ0v) is 14.2. The standard InChI is InChI=1S/C16H20N2O5S/c1-2-4-14(19)18-10-24-9-13(18)16(22)17-11-5-3-6-12(7-11)23-8-15(20)21/h3,5-7,13H,2,4,8-10H2,1H3,(H,17,22)(H,20,21). The van der Waals surface area contributed by atoms with Gasteiger partial charge >= 0.3 is 5.97 Å². The van der Waals surface area contributed by atoms with Crippen LogP contribution in [0.5, 0.6) is 5.75 Å². The number of benzene rings is 1. The molecular weight excluding hydrogens is 332 g/mol. The highest BCUT2D eigenvalue weighted by atomic mass is 32.2. The van der Waals surface area contributed by atoms with Crippen molar-refractivity contribution in [3.63, 3.8) is 0 Å². The topological polar surface area (TPSA) is 95.9 Å². The molecule has 0 bridgehead atoms. The summed E-state index contributed by atoms with van der Waals surface area (Å²) in [5.74, 6) is 0.114. The number of nitrogens with zero attached hydrogens (tertiary/aromatic N) is 1. The van der Waals surface area contributed by atoms with Gasteiger partial charge < -0.3 is 20.1 Å². The third-order valence-electron chi connectivity index (χ3n) is 3.43. The molecule has 1 aliphatic heterocycles. The second kappa shape index (κ2) is 8.58. The summed E-state index contributed by atoms with van der Waals surface area (Å²) in [6.45, 7) is 1.48. The van der Waals surface area contributed by atoms with Gasteiger partial charge in [0.2, 0.25) is 11.8 Å². The maximum absolute atomic E-state index is 12.5. The van der Waals surface area contributed by atoms with E-state index >= 15 is 0 Å². The molecule has 1 atom stereocenters. The Labute approximate surface area is 144 Å². The normalized spacial score (nSPS) is 16.7. The van der Waals surface area contributed by atoms with Crippen LogP contribution in [0.25, 0.3) is 0 Å². The molecular formula is C16H20N2O5S. The van der Waals surface area contributed by atoms with Gasteiger partial charge in [-0.3, -0.25) is 9.59 Å². The molecule has 0 saturated carbocycles. The molecule has 1 saturated heterocycles. The second-order valence-electron chi connectivity index (χ2n) is 5.33. The van der Waals surface area contributed by atoms with Crippen molar-refractivity contribution in [3.8, 4) is 5.75 Å². The van der Waals surface area contributed by atoms with E-state index in [1.54, 1.807) is 40.9 Å². The maximum atomic E-state index is 12.5. The quantitative estimate of drug-likeness (QED) is 0.777. The number of thioether (sulfide) groups is 1. The number of anilines is 1. The van der Waals surface area contributed by atoms with E-state index in [1.807, 2.05) is 6.92 Å². The predicted molar refractivity (Wildman–Crippen MR) is 91.1 cm³/mol. The Hall–Kier alpha value is -2.22. The summed E-state index contributed by atoms with van der Waals surface area (Å²) >= 11 is 1.55. The monoisotopic (exact) mass is 352 g/mol. The minimum atomic E-state index is -1.07. The summed E-state index contributed by atoms with van der Waals surface area (Å²) in [6, 6.07) is 6.03. The van der Waals surface area contributed by atoms with Gasteiger partial charge in [0.05, 0.1) is 5.88 Å². The van der Waals surface area contributed by atoms with Crippen molar-refractivity contribution in [1.82, 2.24) is 4.90 Å². The SMILES string of the molecule is CCCC(=O)N1CSCC1C(=O)Nc1cccc(OCC(=O)O)c1. The zero-order chi connectivity index (χ0) is 17.5. The van der Waals surface area contributed by atoms with E-state index in [4.69, 9.17) is 9.84 Å². The highest BCUT2D eigenvalue weighted by molar-refractivity contribution is 7.99. The smallest absolute Gasteiger partial charge is 0.341 e. The van der Waals surface area contributed by atoms with Gasteiger partial charge in [-0.2, -0.15) is 0 Å². The van der Waals surface area contributed by atoms with Crippen LogP contribution in [0.1, 0.15) is 19.8 Å². The first-order valence-corrected chi connectivity index (χ1v) is 8.79. The van der Waals surface area contributed by atoms with Crippen LogP contribution in [0.15, 0.2) is 24.3 Å². The third kappa shape index (κ3) is 4.89. The van der Waals surface area contributed by atoms with E-state index in [-0.39, 0.29) is 11.8 Å². The summed E-state index contributed by atoms with van der Waals surface area (Å²) in [4.78, 5) is 36.7. The highest BCUT2D eigenvalue weighted by Crippen LogP contribution is 2.24. The van der Waals surface area contributed by atoms with Crippen molar-refractivity contribution < 1.29 is 24.2 Å². The number of nitrogens with one attached hydrogen (secondary N) is 1. The summed E-state index contributed by atoms with van der Waals surface area (Å²) in [5, 5.41) is 11.4. The van der Waals surface area contributed by atoms with Crippen molar-refractivity contribution in [3.05, 3.63) is 24.3 Å². The van der Waals surface area contributed by atoms with E-state index in [9.17, 15) is 14.4 Å². The van der Waals surface area contributed by atoms with Crippen molar-refractivity contribution in [2.75, 3.05) is 23.6 Å². The Kier molecular flexibility index (Phi) is 6.48. The number of carboxylic acid groups (broad SMARTS) is 1.